The van der Waals surface area contributed by atoms with Crippen molar-refractivity contribution in [1.29, 1.82) is 0 Å². The van der Waals surface area contributed by atoms with Crippen molar-refractivity contribution in [2.24, 2.45) is 11.3 Å². The largest absolute Gasteiger partial charge is 0.481 e. The molecule has 1 heterocycles. The lowest BCUT2D eigenvalue weighted by atomic mass is 9.81. The van der Waals surface area contributed by atoms with E-state index in [1.165, 1.54) is 7.11 Å². The van der Waals surface area contributed by atoms with Crippen LogP contribution in [0.5, 0.6) is 0 Å². The standard InChI is InChI=1S/C17H20BrNO4/c1-23-15(20)11-4-5-12(14(18)7-11)8-19-9-13-3-2-6-17(13,10-19)16(21)22/h4-5,7,13H,2-3,6,8-10H2,1H3,(H,21,22)/t13-,17+/m0/s1. The van der Waals surface area contributed by atoms with E-state index in [9.17, 15) is 14.7 Å². The number of carbonyl (C=O) groups is 2. The maximum absolute atomic E-state index is 11.7. The van der Waals surface area contributed by atoms with Gasteiger partial charge >= 0.3 is 11.9 Å². The Kier molecular flexibility index (Phi) is 4.47. The number of hydrogen-bond acceptors (Lipinski definition) is 4. The number of likely N-dealkylation sites (tertiary alicyclic amines) is 1. The molecule has 1 aromatic rings. The molecule has 0 aromatic heterocycles. The van der Waals surface area contributed by atoms with E-state index < -0.39 is 11.4 Å². The van der Waals surface area contributed by atoms with Crippen molar-refractivity contribution in [3.05, 3.63) is 33.8 Å². The molecule has 1 saturated carbocycles. The third-order valence-electron chi connectivity index (χ3n) is 5.24. The van der Waals surface area contributed by atoms with E-state index in [1.807, 2.05) is 6.07 Å². The van der Waals surface area contributed by atoms with Gasteiger partial charge in [0.1, 0.15) is 0 Å². The van der Waals surface area contributed by atoms with Gasteiger partial charge in [0.05, 0.1) is 18.1 Å². The van der Waals surface area contributed by atoms with E-state index >= 15 is 0 Å². The molecule has 2 aliphatic rings. The number of methoxy groups -OCH3 is 1. The normalized spacial score (nSPS) is 27.0. The Hall–Kier alpha value is -1.40. The number of ether oxygens (including phenoxy) is 1. The zero-order chi connectivity index (χ0) is 16.6. The monoisotopic (exact) mass is 381 g/mol. The number of carboxylic acids is 1. The molecule has 0 unspecified atom stereocenters. The summed E-state index contributed by atoms with van der Waals surface area (Å²) in [4.78, 5) is 25.5. The lowest BCUT2D eigenvalue weighted by molar-refractivity contribution is -0.149. The summed E-state index contributed by atoms with van der Waals surface area (Å²) in [6.45, 7) is 2.13. The van der Waals surface area contributed by atoms with Gasteiger partial charge in [0.15, 0.2) is 0 Å². The Morgan fingerprint density at radius 2 is 2.26 bits per heavy atom. The van der Waals surface area contributed by atoms with Gasteiger partial charge in [-0.2, -0.15) is 0 Å². The molecule has 124 valence electrons. The molecular formula is C17H20BrNO4. The number of carboxylic acid groups (broad SMARTS) is 1. The van der Waals surface area contributed by atoms with E-state index in [2.05, 4.69) is 20.8 Å². The van der Waals surface area contributed by atoms with Crippen LogP contribution in [0.1, 0.15) is 35.2 Å². The van der Waals surface area contributed by atoms with Gasteiger partial charge in [-0.25, -0.2) is 4.79 Å². The molecule has 1 N–H and O–H groups in total. The van der Waals surface area contributed by atoms with Crippen LogP contribution in [0.3, 0.4) is 0 Å². The van der Waals surface area contributed by atoms with Crippen molar-refractivity contribution < 1.29 is 19.4 Å². The van der Waals surface area contributed by atoms with Crippen molar-refractivity contribution >= 4 is 27.9 Å². The lowest BCUT2D eigenvalue weighted by Crippen LogP contribution is -2.35. The number of benzene rings is 1. The number of carbonyl (C=O) groups excluding carboxylic acids is 1. The molecular weight excluding hydrogens is 362 g/mol. The van der Waals surface area contributed by atoms with Gasteiger partial charge in [0, 0.05) is 24.1 Å². The van der Waals surface area contributed by atoms with Crippen LogP contribution in [-0.4, -0.2) is 42.1 Å². The lowest BCUT2D eigenvalue weighted by Gasteiger charge is -2.23. The zero-order valence-electron chi connectivity index (χ0n) is 13.0. The van der Waals surface area contributed by atoms with Crippen molar-refractivity contribution in [1.82, 2.24) is 4.90 Å². The molecule has 23 heavy (non-hydrogen) atoms. The summed E-state index contributed by atoms with van der Waals surface area (Å²) < 4.78 is 5.57. The number of hydrogen-bond donors (Lipinski definition) is 1. The summed E-state index contributed by atoms with van der Waals surface area (Å²) in [5.74, 6) is -0.756. The first-order valence-electron chi connectivity index (χ1n) is 7.79. The number of rotatable bonds is 4. The van der Waals surface area contributed by atoms with Crippen molar-refractivity contribution in [3.63, 3.8) is 0 Å². The van der Waals surface area contributed by atoms with Gasteiger partial charge in [-0.3, -0.25) is 9.69 Å². The minimum Gasteiger partial charge on any atom is -0.481 e. The van der Waals surface area contributed by atoms with Crippen LogP contribution in [-0.2, 0) is 16.1 Å². The van der Waals surface area contributed by atoms with Crippen LogP contribution in [0.15, 0.2) is 22.7 Å². The highest BCUT2D eigenvalue weighted by Gasteiger charge is 2.54. The number of fused-ring (bicyclic) bond motifs is 1. The highest BCUT2D eigenvalue weighted by Crippen LogP contribution is 2.49. The second-order valence-electron chi connectivity index (χ2n) is 6.52. The topological polar surface area (TPSA) is 66.8 Å². The predicted molar refractivity (Wildman–Crippen MR) is 88.2 cm³/mol. The molecule has 2 atom stereocenters. The molecule has 1 aliphatic carbocycles. The molecule has 0 spiro atoms. The van der Waals surface area contributed by atoms with E-state index in [0.717, 1.165) is 35.8 Å². The SMILES string of the molecule is COC(=O)c1ccc(CN2C[C@@H]3CCC[C@@]3(C(=O)O)C2)c(Br)c1. The van der Waals surface area contributed by atoms with Crippen molar-refractivity contribution in [2.75, 3.05) is 20.2 Å². The molecule has 2 fully saturated rings. The van der Waals surface area contributed by atoms with Gasteiger partial charge in [-0.15, -0.1) is 0 Å². The van der Waals surface area contributed by atoms with E-state index in [1.54, 1.807) is 12.1 Å². The second kappa shape index (κ2) is 6.24. The minimum absolute atomic E-state index is 0.258. The first kappa shape index (κ1) is 16.5. The molecule has 3 rings (SSSR count). The molecule has 0 bridgehead atoms. The zero-order valence-corrected chi connectivity index (χ0v) is 14.6. The second-order valence-corrected chi connectivity index (χ2v) is 7.37. The van der Waals surface area contributed by atoms with E-state index in [-0.39, 0.29) is 11.9 Å². The summed E-state index contributed by atoms with van der Waals surface area (Å²) in [7, 11) is 1.36. The Balaban J connectivity index is 1.74. The minimum atomic E-state index is -0.650. The average Bonchev–Trinajstić information content (AvgIpc) is 3.06. The molecule has 1 aliphatic heterocycles. The quantitative estimate of drug-likeness (QED) is 0.812. The van der Waals surface area contributed by atoms with Crippen LogP contribution >= 0.6 is 15.9 Å². The van der Waals surface area contributed by atoms with Gasteiger partial charge in [0.25, 0.3) is 0 Å². The number of aliphatic carboxylic acids is 1. The van der Waals surface area contributed by atoms with Crippen LogP contribution in [0.4, 0.5) is 0 Å². The summed E-state index contributed by atoms with van der Waals surface area (Å²) in [5.41, 5.74) is 1.000. The number of halogens is 1. The average molecular weight is 382 g/mol. The Morgan fingerprint density at radius 1 is 1.48 bits per heavy atom. The number of nitrogens with zero attached hydrogens (tertiary/aromatic N) is 1. The molecule has 0 amide bonds. The van der Waals surface area contributed by atoms with Gasteiger partial charge in [-0.1, -0.05) is 28.4 Å². The third kappa shape index (κ3) is 2.90. The summed E-state index contributed by atoms with van der Waals surface area (Å²) >= 11 is 3.50. The van der Waals surface area contributed by atoms with Gasteiger partial charge < -0.3 is 9.84 Å². The van der Waals surface area contributed by atoms with E-state index in [0.29, 0.717) is 18.7 Å². The highest BCUT2D eigenvalue weighted by molar-refractivity contribution is 9.10. The fourth-order valence-electron chi connectivity index (χ4n) is 4.02. The van der Waals surface area contributed by atoms with Gasteiger partial charge in [-0.05, 0) is 36.5 Å². The van der Waals surface area contributed by atoms with Crippen LogP contribution in [0.2, 0.25) is 0 Å². The first-order valence-corrected chi connectivity index (χ1v) is 8.58. The van der Waals surface area contributed by atoms with Crippen molar-refractivity contribution in [2.45, 2.75) is 25.8 Å². The summed E-state index contributed by atoms with van der Waals surface area (Å²) in [6, 6.07) is 5.40. The fourth-order valence-corrected chi connectivity index (χ4v) is 4.53. The Morgan fingerprint density at radius 3 is 2.87 bits per heavy atom. The Labute approximate surface area is 143 Å². The molecule has 1 aromatic carbocycles. The van der Waals surface area contributed by atoms with Crippen molar-refractivity contribution in [3.8, 4) is 0 Å². The third-order valence-corrected chi connectivity index (χ3v) is 5.97. The summed E-state index contributed by atoms with van der Waals surface area (Å²) in [5, 5.41) is 9.65. The van der Waals surface area contributed by atoms with Crippen LogP contribution in [0.25, 0.3) is 0 Å². The molecule has 5 nitrogen and oxygen atoms in total. The molecule has 0 radical (unpaired) electrons. The smallest absolute Gasteiger partial charge is 0.337 e. The van der Waals surface area contributed by atoms with Crippen LogP contribution < -0.4 is 0 Å². The highest BCUT2D eigenvalue weighted by atomic mass is 79.9. The molecule has 1 saturated heterocycles. The van der Waals surface area contributed by atoms with E-state index in [4.69, 9.17) is 4.74 Å². The van der Waals surface area contributed by atoms with Crippen LogP contribution in [0, 0.1) is 11.3 Å². The predicted octanol–water partition coefficient (Wildman–Crippen LogP) is 2.92. The molecule has 6 heteroatoms. The first-order chi connectivity index (χ1) is 11.0. The van der Waals surface area contributed by atoms with Gasteiger partial charge in [0.2, 0.25) is 0 Å². The maximum Gasteiger partial charge on any atom is 0.337 e. The Bertz CT molecular complexity index is 647. The summed E-state index contributed by atoms with van der Waals surface area (Å²) in [6.07, 6.45) is 2.81. The maximum atomic E-state index is 11.7. The number of esters is 1. The fraction of sp³-hybridized carbons (Fsp3) is 0.529.